The lowest BCUT2D eigenvalue weighted by atomic mass is 10.1. The minimum Gasteiger partial charge on any atom is -0.345 e. The van der Waals surface area contributed by atoms with Gasteiger partial charge in [-0.15, -0.1) is 0 Å². The van der Waals surface area contributed by atoms with Crippen molar-refractivity contribution in [2.45, 2.75) is 18.7 Å². The Balaban J connectivity index is 2.24. The average molecular weight is 438 g/mol. The van der Waals surface area contributed by atoms with E-state index in [0.29, 0.717) is 24.3 Å². The summed E-state index contributed by atoms with van der Waals surface area (Å²) in [7, 11) is -0.338. The Bertz CT molecular complexity index is 1000. The Hall–Kier alpha value is -2.42. The molecule has 0 aliphatic heterocycles. The van der Waals surface area contributed by atoms with Crippen molar-refractivity contribution >= 4 is 39.1 Å². The van der Waals surface area contributed by atoms with Crippen LogP contribution in [0.15, 0.2) is 47.4 Å². The van der Waals surface area contributed by atoms with Crippen LogP contribution in [0.1, 0.15) is 34.6 Å². The van der Waals surface area contributed by atoms with Crippen molar-refractivity contribution in [1.82, 2.24) is 9.21 Å². The van der Waals surface area contributed by atoms with E-state index < -0.39 is 15.9 Å². The van der Waals surface area contributed by atoms with Crippen LogP contribution in [0.2, 0.25) is 5.02 Å². The van der Waals surface area contributed by atoms with Gasteiger partial charge in [-0.1, -0.05) is 25.4 Å². The number of benzene rings is 2. The molecule has 0 unspecified atom stereocenters. The Morgan fingerprint density at radius 1 is 0.966 bits per heavy atom. The molecule has 1 N–H and O–H groups in total. The van der Waals surface area contributed by atoms with Crippen LogP contribution in [0.5, 0.6) is 0 Å². The van der Waals surface area contributed by atoms with Crippen LogP contribution in [0.25, 0.3) is 0 Å². The van der Waals surface area contributed by atoms with E-state index >= 15 is 0 Å². The van der Waals surface area contributed by atoms with Crippen molar-refractivity contribution < 1.29 is 18.0 Å². The fourth-order valence-corrected chi connectivity index (χ4v) is 4.32. The summed E-state index contributed by atoms with van der Waals surface area (Å²) >= 11 is 6.14. The first kappa shape index (κ1) is 22.9. The second kappa shape index (κ2) is 9.39. The molecule has 0 radical (unpaired) electrons. The molecular weight excluding hydrogens is 414 g/mol. The molecule has 0 saturated heterocycles. The van der Waals surface area contributed by atoms with Gasteiger partial charge in [0, 0.05) is 38.3 Å². The van der Waals surface area contributed by atoms with Gasteiger partial charge in [0.05, 0.1) is 15.6 Å². The number of anilines is 1. The molecule has 2 rings (SSSR count). The molecule has 0 heterocycles. The van der Waals surface area contributed by atoms with Gasteiger partial charge in [-0.3, -0.25) is 9.59 Å². The molecule has 0 aliphatic rings. The number of hydrogen-bond acceptors (Lipinski definition) is 4. The summed E-state index contributed by atoms with van der Waals surface area (Å²) in [6, 6.07) is 10.3. The van der Waals surface area contributed by atoms with E-state index in [1.54, 1.807) is 34.0 Å². The number of rotatable bonds is 7. The second-order valence-corrected chi connectivity index (χ2v) is 8.81. The maximum Gasteiger partial charge on any atom is 0.255 e. The lowest BCUT2D eigenvalue weighted by molar-refractivity contribution is 0.0827. The quantitative estimate of drug-likeness (QED) is 0.719. The standard InChI is InChI=1S/C20H24ClN3O4S/c1-5-24(6-2)29(27,28)16-10-7-14(8-11-16)19(25)22-18-13-15(9-12-17(18)21)20(26)23(3)4/h7-13H,5-6H2,1-4H3,(H,22,25). The molecule has 9 heteroatoms. The average Bonchev–Trinajstić information content (AvgIpc) is 2.69. The van der Waals surface area contributed by atoms with Crippen LogP contribution in [0.3, 0.4) is 0 Å². The summed E-state index contributed by atoms with van der Waals surface area (Å²) in [5.74, 6) is -0.684. The first-order valence-electron chi connectivity index (χ1n) is 9.04. The topological polar surface area (TPSA) is 86.8 Å². The third kappa shape index (κ3) is 5.14. The monoisotopic (exact) mass is 437 g/mol. The van der Waals surface area contributed by atoms with Crippen molar-refractivity contribution in [2.24, 2.45) is 0 Å². The second-order valence-electron chi connectivity index (χ2n) is 6.46. The van der Waals surface area contributed by atoms with Crippen molar-refractivity contribution in [2.75, 3.05) is 32.5 Å². The summed E-state index contributed by atoms with van der Waals surface area (Å²) in [4.78, 5) is 26.2. The molecule has 2 aromatic rings. The summed E-state index contributed by atoms with van der Waals surface area (Å²) in [6.45, 7) is 4.26. The summed E-state index contributed by atoms with van der Waals surface area (Å²) < 4.78 is 26.4. The maximum atomic E-state index is 12.6. The van der Waals surface area contributed by atoms with Crippen LogP contribution in [0.4, 0.5) is 5.69 Å². The molecule has 0 aliphatic carbocycles. The third-order valence-electron chi connectivity index (χ3n) is 4.33. The predicted octanol–water partition coefficient (Wildman–Crippen LogP) is 3.32. The largest absolute Gasteiger partial charge is 0.345 e. The first-order chi connectivity index (χ1) is 13.6. The molecule has 29 heavy (non-hydrogen) atoms. The summed E-state index contributed by atoms with van der Waals surface area (Å²) in [5, 5.41) is 2.95. The smallest absolute Gasteiger partial charge is 0.255 e. The molecule has 2 amide bonds. The highest BCUT2D eigenvalue weighted by Gasteiger charge is 2.22. The zero-order valence-electron chi connectivity index (χ0n) is 16.8. The highest BCUT2D eigenvalue weighted by molar-refractivity contribution is 7.89. The van der Waals surface area contributed by atoms with Gasteiger partial charge < -0.3 is 10.2 Å². The van der Waals surface area contributed by atoms with Gasteiger partial charge in [0.1, 0.15) is 0 Å². The van der Waals surface area contributed by atoms with Crippen molar-refractivity contribution in [1.29, 1.82) is 0 Å². The highest BCUT2D eigenvalue weighted by atomic mass is 35.5. The Morgan fingerprint density at radius 3 is 2.03 bits per heavy atom. The van der Waals surface area contributed by atoms with Crippen LogP contribution in [-0.2, 0) is 10.0 Å². The number of hydrogen-bond donors (Lipinski definition) is 1. The number of carbonyl (C=O) groups excluding carboxylic acids is 2. The lowest BCUT2D eigenvalue weighted by Crippen LogP contribution is -2.30. The molecule has 0 saturated carbocycles. The molecule has 0 bridgehead atoms. The lowest BCUT2D eigenvalue weighted by Gasteiger charge is -2.18. The van der Waals surface area contributed by atoms with Gasteiger partial charge in [-0.05, 0) is 42.5 Å². The zero-order chi connectivity index (χ0) is 21.8. The van der Waals surface area contributed by atoms with Crippen LogP contribution < -0.4 is 5.32 Å². The van der Waals surface area contributed by atoms with Gasteiger partial charge in [0.2, 0.25) is 10.0 Å². The first-order valence-corrected chi connectivity index (χ1v) is 10.9. The summed E-state index contributed by atoms with van der Waals surface area (Å²) in [5.41, 5.74) is 0.948. The van der Waals surface area contributed by atoms with Gasteiger partial charge in [0.25, 0.3) is 11.8 Å². The van der Waals surface area contributed by atoms with Gasteiger partial charge in [-0.25, -0.2) is 8.42 Å². The molecule has 0 fully saturated rings. The summed E-state index contributed by atoms with van der Waals surface area (Å²) in [6.07, 6.45) is 0. The van der Waals surface area contributed by atoms with E-state index in [1.165, 1.54) is 45.6 Å². The van der Waals surface area contributed by atoms with E-state index in [9.17, 15) is 18.0 Å². The van der Waals surface area contributed by atoms with Gasteiger partial charge in [-0.2, -0.15) is 4.31 Å². The van der Waals surface area contributed by atoms with Crippen molar-refractivity contribution in [3.05, 3.63) is 58.6 Å². The predicted molar refractivity (Wildman–Crippen MR) is 114 cm³/mol. The third-order valence-corrected chi connectivity index (χ3v) is 6.72. The van der Waals surface area contributed by atoms with E-state index in [2.05, 4.69) is 5.32 Å². The Labute approximate surface area is 176 Å². The number of halogens is 1. The molecule has 0 spiro atoms. The van der Waals surface area contributed by atoms with Crippen LogP contribution in [-0.4, -0.2) is 56.6 Å². The van der Waals surface area contributed by atoms with E-state index in [0.717, 1.165) is 0 Å². The molecule has 0 atom stereocenters. The highest BCUT2D eigenvalue weighted by Crippen LogP contribution is 2.24. The van der Waals surface area contributed by atoms with E-state index in [1.807, 2.05) is 0 Å². The fourth-order valence-electron chi connectivity index (χ4n) is 2.70. The Kier molecular flexibility index (Phi) is 7.40. The maximum absolute atomic E-state index is 12.6. The normalized spacial score (nSPS) is 11.4. The van der Waals surface area contributed by atoms with Crippen LogP contribution >= 0.6 is 11.6 Å². The SMILES string of the molecule is CCN(CC)S(=O)(=O)c1ccc(C(=O)Nc2cc(C(=O)N(C)C)ccc2Cl)cc1. The molecule has 156 valence electrons. The molecular formula is C20H24ClN3O4S. The number of sulfonamides is 1. The molecule has 0 aromatic heterocycles. The number of nitrogens with zero attached hydrogens (tertiary/aromatic N) is 2. The zero-order valence-corrected chi connectivity index (χ0v) is 18.3. The minimum absolute atomic E-state index is 0.120. The van der Waals surface area contributed by atoms with Crippen LogP contribution in [0, 0.1) is 0 Å². The minimum atomic E-state index is -3.59. The fraction of sp³-hybridized carbons (Fsp3) is 0.300. The van der Waals surface area contributed by atoms with Crippen molar-refractivity contribution in [3.63, 3.8) is 0 Å². The van der Waals surface area contributed by atoms with Crippen molar-refractivity contribution in [3.8, 4) is 0 Å². The van der Waals surface area contributed by atoms with Gasteiger partial charge in [0.15, 0.2) is 0 Å². The Morgan fingerprint density at radius 2 is 1.52 bits per heavy atom. The molecule has 7 nitrogen and oxygen atoms in total. The number of carbonyl (C=O) groups is 2. The number of amides is 2. The van der Waals surface area contributed by atoms with E-state index in [4.69, 9.17) is 11.6 Å². The molecule has 2 aromatic carbocycles. The number of nitrogens with one attached hydrogen (secondary N) is 1. The van der Waals surface area contributed by atoms with E-state index in [-0.39, 0.29) is 21.4 Å². The van der Waals surface area contributed by atoms with Gasteiger partial charge >= 0.3 is 0 Å².